The van der Waals surface area contributed by atoms with Crippen molar-refractivity contribution in [2.75, 3.05) is 21.3 Å². The predicted molar refractivity (Wildman–Crippen MR) is 62.9 cm³/mol. The van der Waals surface area contributed by atoms with E-state index in [2.05, 4.69) is 6.08 Å². The van der Waals surface area contributed by atoms with Crippen LogP contribution in [0.2, 0.25) is 0 Å². The van der Waals surface area contributed by atoms with Crippen molar-refractivity contribution < 1.29 is 14.2 Å². The zero-order chi connectivity index (χ0) is 11.5. The Balaban J connectivity index is 2.50. The summed E-state index contributed by atoms with van der Waals surface area (Å²) in [5, 5.41) is 0. The van der Waals surface area contributed by atoms with Gasteiger partial charge in [0.1, 0.15) is 0 Å². The fraction of sp³-hybridized carbons (Fsp3) is 0.385. The lowest BCUT2D eigenvalue weighted by Crippen LogP contribution is -2.04. The number of methoxy groups -OCH3 is 3. The van der Waals surface area contributed by atoms with Gasteiger partial charge in [0.05, 0.1) is 27.1 Å². The summed E-state index contributed by atoms with van der Waals surface area (Å²) in [4.78, 5) is 0. The predicted octanol–water partition coefficient (Wildman–Crippen LogP) is 2.64. The fourth-order valence-corrected chi connectivity index (χ4v) is 2.05. The van der Waals surface area contributed by atoms with Crippen LogP contribution in [-0.4, -0.2) is 21.3 Å². The van der Waals surface area contributed by atoms with Gasteiger partial charge in [0, 0.05) is 12.0 Å². The lowest BCUT2D eigenvalue weighted by Gasteiger charge is -2.19. The Kier molecular flexibility index (Phi) is 3.04. The molecule has 0 heterocycles. The molecule has 1 aromatic rings. The molecule has 0 saturated heterocycles. The highest BCUT2D eigenvalue weighted by Gasteiger charge is 2.18. The van der Waals surface area contributed by atoms with Crippen LogP contribution in [0.3, 0.4) is 0 Å². The first-order valence-corrected chi connectivity index (χ1v) is 5.28. The summed E-state index contributed by atoms with van der Waals surface area (Å²) in [7, 11) is 5.04. The molecule has 0 amide bonds. The minimum Gasteiger partial charge on any atom is -0.501 e. The Bertz CT molecular complexity index is 421. The standard InChI is InChI=1S/C13H16O3/c1-14-10-5-6-11-9(8-10)4-7-12(15-2)13(11)16-3/h4,7-8H,5-6H2,1-3H3. The van der Waals surface area contributed by atoms with Crippen LogP contribution in [0.1, 0.15) is 17.5 Å². The lowest BCUT2D eigenvalue weighted by atomic mass is 9.95. The Morgan fingerprint density at radius 3 is 2.38 bits per heavy atom. The summed E-state index contributed by atoms with van der Waals surface area (Å²) < 4.78 is 16.0. The van der Waals surface area contributed by atoms with Crippen molar-refractivity contribution in [1.82, 2.24) is 0 Å². The molecule has 3 nitrogen and oxygen atoms in total. The molecule has 3 heteroatoms. The van der Waals surface area contributed by atoms with Crippen molar-refractivity contribution >= 4 is 6.08 Å². The Morgan fingerprint density at radius 2 is 1.75 bits per heavy atom. The van der Waals surface area contributed by atoms with Crippen LogP contribution < -0.4 is 9.47 Å². The third-order valence-corrected chi connectivity index (χ3v) is 2.88. The molecule has 1 aliphatic carbocycles. The van der Waals surface area contributed by atoms with E-state index >= 15 is 0 Å². The van der Waals surface area contributed by atoms with Crippen molar-refractivity contribution in [3.63, 3.8) is 0 Å². The third kappa shape index (κ3) is 1.73. The third-order valence-electron chi connectivity index (χ3n) is 2.88. The zero-order valence-corrected chi connectivity index (χ0v) is 9.87. The lowest BCUT2D eigenvalue weighted by molar-refractivity contribution is 0.279. The summed E-state index contributed by atoms with van der Waals surface area (Å²) in [6.45, 7) is 0. The molecule has 0 fully saturated rings. The van der Waals surface area contributed by atoms with E-state index in [1.165, 1.54) is 5.56 Å². The van der Waals surface area contributed by atoms with Crippen LogP contribution in [0.5, 0.6) is 11.5 Å². The molecule has 86 valence electrons. The van der Waals surface area contributed by atoms with Crippen LogP contribution >= 0.6 is 0 Å². The van der Waals surface area contributed by atoms with E-state index in [1.807, 2.05) is 12.1 Å². The summed E-state index contributed by atoms with van der Waals surface area (Å²) in [6.07, 6.45) is 3.89. The van der Waals surface area contributed by atoms with Gasteiger partial charge in [-0.1, -0.05) is 6.07 Å². The molecule has 0 unspecified atom stereocenters. The van der Waals surface area contributed by atoms with E-state index in [1.54, 1.807) is 21.3 Å². The quantitative estimate of drug-likeness (QED) is 0.783. The second kappa shape index (κ2) is 4.47. The number of ether oxygens (including phenoxy) is 3. The Morgan fingerprint density at radius 1 is 0.938 bits per heavy atom. The highest BCUT2D eigenvalue weighted by molar-refractivity contribution is 5.65. The SMILES string of the molecule is COC1=Cc2ccc(OC)c(OC)c2CC1. The first-order valence-electron chi connectivity index (χ1n) is 5.28. The molecule has 16 heavy (non-hydrogen) atoms. The van der Waals surface area contributed by atoms with E-state index in [4.69, 9.17) is 14.2 Å². The van der Waals surface area contributed by atoms with Gasteiger partial charge in [-0.3, -0.25) is 0 Å². The van der Waals surface area contributed by atoms with Crippen molar-refractivity contribution in [3.8, 4) is 11.5 Å². The number of allylic oxidation sites excluding steroid dienone is 1. The van der Waals surface area contributed by atoms with Gasteiger partial charge in [-0.15, -0.1) is 0 Å². The van der Waals surface area contributed by atoms with Crippen molar-refractivity contribution in [3.05, 3.63) is 29.0 Å². The molecule has 0 saturated carbocycles. The Labute approximate surface area is 95.6 Å². The molecule has 1 aromatic carbocycles. The number of hydrogen-bond acceptors (Lipinski definition) is 3. The van der Waals surface area contributed by atoms with Crippen LogP contribution in [-0.2, 0) is 11.2 Å². The number of hydrogen-bond donors (Lipinski definition) is 0. The number of fused-ring (bicyclic) bond motifs is 1. The number of rotatable bonds is 3. The van der Waals surface area contributed by atoms with E-state index in [0.29, 0.717) is 0 Å². The maximum Gasteiger partial charge on any atom is 0.164 e. The molecular weight excluding hydrogens is 204 g/mol. The molecule has 0 bridgehead atoms. The highest BCUT2D eigenvalue weighted by atomic mass is 16.5. The van der Waals surface area contributed by atoms with Gasteiger partial charge < -0.3 is 14.2 Å². The smallest absolute Gasteiger partial charge is 0.164 e. The second-order valence-corrected chi connectivity index (χ2v) is 3.68. The average molecular weight is 220 g/mol. The van der Waals surface area contributed by atoms with Crippen molar-refractivity contribution in [2.24, 2.45) is 0 Å². The van der Waals surface area contributed by atoms with Crippen molar-refractivity contribution in [2.45, 2.75) is 12.8 Å². The van der Waals surface area contributed by atoms with Gasteiger partial charge in [0.25, 0.3) is 0 Å². The Hall–Kier alpha value is -1.64. The minimum atomic E-state index is 0.788. The van der Waals surface area contributed by atoms with E-state index in [-0.39, 0.29) is 0 Å². The molecule has 0 spiro atoms. The van der Waals surface area contributed by atoms with Crippen LogP contribution in [0, 0.1) is 0 Å². The molecule has 0 aliphatic heterocycles. The molecule has 0 aromatic heterocycles. The van der Waals surface area contributed by atoms with Crippen LogP contribution in [0.4, 0.5) is 0 Å². The van der Waals surface area contributed by atoms with Gasteiger partial charge in [0.2, 0.25) is 0 Å². The first kappa shape index (κ1) is 10.9. The van der Waals surface area contributed by atoms with E-state index in [9.17, 15) is 0 Å². The van der Waals surface area contributed by atoms with Gasteiger partial charge in [0.15, 0.2) is 11.5 Å². The second-order valence-electron chi connectivity index (χ2n) is 3.68. The van der Waals surface area contributed by atoms with Gasteiger partial charge >= 0.3 is 0 Å². The highest BCUT2D eigenvalue weighted by Crippen LogP contribution is 2.38. The maximum atomic E-state index is 5.41. The van der Waals surface area contributed by atoms with E-state index < -0.39 is 0 Å². The molecule has 1 aliphatic rings. The zero-order valence-electron chi connectivity index (χ0n) is 9.87. The summed E-state index contributed by atoms with van der Waals surface area (Å²) in [5.41, 5.74) is 2.35. The van der Waals surface area contributed by atoms with Gasteiger partial charge in [-0.05, 0) is 24.1 Å². The molecule has 0 N–H and O–H groups in total. The normalized spacial score (nSPS) is 13.8. The van der Waals surface area contributed by atoms with E-state index in [0.717, 1.165) is 35.7 Å². The molecule has 0 radical (unpaired) electrons. The molecule has 2 rings (SSSR count). The largest absolute Gasteiger partial charge is 0.501 e. The summed E-state index contributed by atoms with van der Waals surface area (Å²) >= 11 is 0. The molecule has 0 atom stereocenters. The summed E-state index contributed by atoms with van der Waals surface area (Å²) in [6, 6.07) is 3.96. The van der Waals surface area contributed by atoms with Gasteiger partial charge in [-0.2, -0.15) is 0 Å². The van der Waals surface area contributed by atoms with Gasteiger partial charge in [-0.25, -0.2) is 0 Å². The topological polar surface area (TPSA) is 27.7 Å². The average Bonchev–Trinajstić information content (AvgIpc) is 2.36. The number of benzene rings is 1. The maximum absolute atomic E-state index is 5.41. The fourth-order valence-electron chi connectivity index (χ4n) is 2.05. The van der Waals surface area contributed by atoms with Crippen molar-refractivity contribution in [1.29, 1.82) is 0 Å². The molecular formula is C13H16O3. The monoisotopic (exact) mass is 220 g/mol. The summed E-state index contributed by atoms with van der Waals surface area (Å²) in [5.74, 6) is 2.64. The minimum absolute atomic E-state index is 0.788. The van der Waals surface area contributed by atoms with Crippen LogP contribution in [0.15, 0.2) is 17.9 Å². The van der Waals surface area contributed by atoms with Crippen LogP contribution in [0.25, 0.3) is 6.08 Å². The first-order chi connectivity index (χ1) is 7.80.